The average Bonchev–Trinajstić information content (AvgIpc) is 3.56. The van der Waals surface area contributed by atoms with Crippen LogP contribution in [0, 0.1) is 25.2 Å². The fraction of sp³-hybridized carbons (Fsp3) is 0.222. The van der Waals surface area contributed by atoms with Crippen LogP contribution < -0.4 is 5.32 Å². The molecule has 0 atom stereocenters. The molecule has 0 fully saturated rings. The van der Waals surface area contributed by atoms with Crippen molar-refractivity contribution in [1.29, 1.82) is 5.26 Å². The Labute approximate surface area is 196 Å². The lowest BCUT2D eigenvalue weighted by molar-refractivity contribution is -0.119. The lowest BCUT2D eigenvalue weighted by atomic mass is 10.00. The van der Waals surface area contributed by atoms with Crippen LogP contribution in [0.4, 0.5) is 5.82 Å². The zero-order valence-corrected chi connectivity index (χ0v) is 19.0. The van der Waals surface area contributed by atoms with Gasteiger partial charge in [0.2, 0.25) is 0 Å². The van der Waals surface area contributed by atoms with E-state index >= 15 is 0 Å². The second kappa shape index (κ2) is 8.56. The van der Waals surface area contributed by atoms with E-state index in [1.54, 1.807) is 18.4 Å². The maximum absolute atomic E-state index is 12.8. The third kappa shape index (κ3) is 3.63. The maximum Gasteiger partial charge on any atom is 0.339 e. The van der Waals surface area contributed by atoms with Gasteiger partial charge >= 0.3 is 5.97 Å². The Kier molecular flexibility index (Phi) is 5.42. The van der Waals surface area contributed by atoms with E-state index in [-0.39, 0.29) is 0 Å². The SMILES string of the molecule is Cc1c(C#N)c(NC(=O)COC(=O)c2ccc3c4c(cccc24)CC3)n(Cc2ccco2)c1C. The second-order valence-corrected chi connectivity index (χ2v) is 8.45. The maximum atomic E-state index is 12.8. The van der Waals surface area contributed by atoms with Gasteiger partial charge in [-0.15, -0.1) is 0 Å². The summed E-state index contributed by atoms with van der Waals surface area (Å²) in [6, 6.07) is 15.4. The van der Waals surface area contributed by atoms with Crippen molar-refractivity contribution in [3.05, 3.63) is 88.0 Å². The highest BCUT2D eigenvalue weighted by Crippen LogP contribution is 2.33. The molecule has 170 valence electrons. The average molecular weight is 453 g/mol. The Morgan fingerprint density at radius 1 is 1.12 bits per heavy atom. The molecule has 1 amide bonds. The van der Waals surface area contributed by atoms with Crippen LogP contribution in [0.2, 0.25) is 0 Å². The number of carbonyl (C=O) groups excluding carboxylic acids is 2. The Bertz CT molecular complexity index is 1460. The molecule has 1 aliphatic rings. The zero-order valence-electron chi connectivity index (χ0n) is 19.0. The molecule has 7 heteroatoms. The summed E-state index contributed by atoms with van der Waals surface area (Å²) in [5.41, 5.74) is 4.89. The van der Waals surface area contributed by atoms with Crippen LogP contribution in [-0.4, -0.2) is 23.1 Å². The Morgan fingerprint density at radius 3 is 2.65 bits per heavy atom. The van der Waals surface area contributed by atoms with Crippen LogP contribution in [0.15, 0.2) is 53.1 Å². The lowest BCUT2D eigenvalue weighted by Crippen LogP contribution is -2.23. The first-order valence-corrected chi connectivity index (χ1v) is 11.1. The molecule has 1 N–H and O–H groups in total. The third-order valence-electron chi connectivity index (χ3n) is 6.52. The molecule has 4 aromatic rings. The molecule has 0 radical (unpaired) electrons. The van der Waals surface area contributed by atoms with Crippen molar-refractivity contribution in [2.45, 2.75) is 33.2 Å². The molecule has 2 aromatic carbocycles. The summed E-state index contributed by atoms with van der Waals surface area (Å²) in [5, 5.41) is 14.4. The van der Waals surface area contributed by atoms with Crippen molar-refractivity contribution < 1.29 is 18.7 Å². The second-order valence-electron chi connectivity index (χ2n) is 8.45. The molecule has 1 aliphatic carbocycles. The number of benzene rings is 2. The number of aryl methyl sites for hydroxylation is 2. The molecule has 0 saturated carbocycles. The number of furan rings is 1. The van der Waals surface area contributed by atoms with Crippen molar-refractivity contribution in [2.24, 2.45) is 0 Å². The summed E-state index contributed by atoms with van der Waals surface area (Å²) in [6.45, 7) is 3.61. The summed E-state index contributed by atoms with van der Waals surface area (Å²) >= 11 is 0. The topological polar surface area (TPSA) is 97.3 Å². The van der Waals surface area contributed by atoms with Gasteiger partial charge in [-0.05, 0) is 72.4 Å². The summed E-state index contributed by atoms with van der Waals surface area (Å²) < 4.78 is 12.6. The van der Waals surface area contributed by atoms with Gasteiger partial charge in [-0.25, -0.2) is 4.79 Å². The minimum absolute atomic E-state index is 0.359. The molecule has 0 bridgehead atoms. The van der Waals surface area contributed by atoms with Crippen LogP contribution in [0.3, 0.4) is 0 Å². The predicted molar refractivity (Wildman–Crippen MR) is 127 cm³/mol. The first-order valence-electron chi connectivity index (χ1n) is 11.1. The van der Waals surface area contributed by atoms with E-state index in [0.29, 0.717) is 29.2 Å². The zero-order chi connectivity index (χ0) is 23.8. The highest BCUT2D eigenvalue weighted by atomic mass is 16.5. The smallest absolute Gasteiger partial charge is 0.339 e. The molecule has 5 rings (SSSR count). The Hall–Kier alpha value is -4.31. The lowest BCUT2D eigenvalue weighted by Gasteiger charge is -2.13. The van der Waals surface area contributed by atoms with Crippen molar-refractivity contribution in [1.82, 2.24) is 4.57 Å². The predicted octanol–water partition coefficient (Wildman–Crippen LogP) is 4.67. The van der Waals surface area contributed by atoms with Gasteiger partial charge in [-0.3, -0.25) is 4.79 Å². The summed E-state index contributed by atoms with van der Waals surface area (Å²) in [5.74, 6) is -0.0181. The number of ether oxygens (including phenoxy) is 1. The Balaban J connectivity index is 1.34. The van der Waals surface area contributed by atoms with Gasteiger partial charge in [-0.1, -0.05) is 24.3 Å². The quantitative estimate of drug-likeness (QED) is 0.428. The molecule has 0 aliphatic heterocycles. The number of anilines is 1. The summed E-state index contributed by atoms with van der Waals surface area (Å²) in [7, 11) is 0. The minimum Gasteiger partial charge on any atom is -0.467 e. The number of esters is 1. The number of hydrogen-bond donors (Lipinski definition) is 1. The van der Waals surface area contributed by atoms with Crippen LogP contribution in [0.5, 0.6) is 0 Å². The molecular weight excluding hydrogens is 430 g/mol. The monoisotopic (exact) mass is 453 g/mol. The van der Waals surface area contributed by atoms with Gasteiger partial charge in [0, 0.05) is 5.69 Å². The van der Waals surface area contributed by atoms with Crippen molar-refractivity contribution in [3.63, 3.8) is 0 Å². The molecule has 7 nitrogen and oxygen atoms in total. The van der Waals surface area contributed by atoms with E-state index in [4.69, 9.17) is 9.15 Å². The van der Waals surface area contributed by atoms with E-state index in [1.165, 1.54) is 11.1 Å². The number of rotatable bonds is 6. The van der Waals surface area contributed by atoms with Crippen molar-refractivity contribution >= 4 is 28.5 Å². The largest absolute Gasteiger partial charge is 0.467 e. The van der Waals surface area contributed by atoms with Gasteiger partial charge in [0.15, 0.2) is 6.61 Å². The van der Waals surface area contributed by atoms with Crippen molar-refractivity contribution in [2.75, 3.05) is 11.9 Å². The number of nitrogens with zero attached hydrogens (tertiary/aromatic N) is 2. The molecule has 0 unspecified atom stereocenters. The van der Waals surface area contributed by atoms with Crippen LogP contribution in [0.1, 0.15) is 44.1 Å². The van der Waals surface area contributed by atoms with Gasteiger partial charge in [0.05, 0.1) is 23.9 Å². The fourth-order valence-electron chi connectivity index (χ4n) is 4.69. The Morgan fingerprint density at radius 2 is 1.91 bits per heavy atom. The molecule has 0 saturated heterocycles. The first-order chi connectivity index (χ1) is 16.5. The van der Waals surface area contributed by atoms with Crippen LogP contribution in [-0.2, 0) is 28.9 Å². The summed E-state index contributed by atoms with van der Waals surface area (Å²) in [6.07, 6.45) is 3.50. The van der Waals surface area contributed by atoms with E-state index in [0.717, 1.165) is 34.9 Å². The highest BCUT2D eigenvalue weighted by Gasteiger charge is 2.23. The van der Waals surface area contributed by atoms with Gasteiger partial charge in [0.25, 0.3) is 5.91 Å². The number of hydrogen-bond acceptors (Lipinski definition) is 5. The highest BCUT2D eigenvalue weighted by molar-refractivity contribution is 6.07. The number of aromatic nitrogens is 1. The van der Waals surface area contributed by atoms with Gasteiger partial charge in [0.1, 0.15) is 17.6 Å². The first kappa shape index (κ1) is 21.5. The van der Waals surface area contributed by atoms with E-state index < -0.39 is 18.5 Å². The van der Waals surface area contributed by atoms with Crippen LogP contribution in [0.25, 0.3) is 10.8 Å². The standard InChI is InChI=1S/C27H23N3O4/c1-16-17(2)30(14-20-6-4-12-33-20)26(23(16)13-28)29-24(31)15-34-27(32)22-11-10-19-9-8-18-5-3-7-21(22)25(18)19/h3-7,10-12H,8-9,14-15H2,1-2H3,(H,29,31). The third-order valence-corrected chi connectivity index (χ3v) is 6.52. The van der Waals surface area contributed by atoms with Crippen molar-refractivity contribution in [3.8, 4) is 6.07 Å². The van der Waals surface area contributed by atoms with Crippen LogP contribution >= 0.6 is 0 Å². The number of carbonyl (C=O) groups is 2. The number of nitrogens with one attached hydrogen (secondary N) is 1. The molecule has 2 heterocycles. The number of nitriles is 1. The molecule has 0 spiro atoms. The van der Waals surface area contributed by atoms with Gasteiger partial charge < -0.3 is 19.0 Å². The fourth-order valence-corrected chi connectivity index (χ4v) is 4.69. The normalized spacial score (nSPS) is 12.0. The summed E-state index contributed by atoms with van der Waals surface area (Å²) in [4.78, 5) is 25.6. The minimum atomic E-state index is -0.551. The van der Waals surface area contributed by atoms with E-state index in [9.17, 15) is 14.9 Å². The molecule has 34 heavy (non-hydrogen) atoms. The van der Waals surface area contributed by atoms with E-state index in [2.05, 4.69) is 17.5 Å². The number of amides is 1. The molecular formula is C27H23N3O4. The van der Waals surface area contributed by atoms with Gasteiger partial charge in [-0.2, -0.15) is 5.26 Å². The molecule has 2 aromatic heterocycles. The van der Waals surface area contributed by atoms with E-state index in [1.807, 2.05) is 42.7 Å².